The number of H-pyrrole nitrogens is 1. The van der Waals surface area contributed by atoms with Gasteiger partial charge in [0.05, 0.1) is 113 Å². The molecule has 0 aliphatic heterocycles. The molecule has 0 radical (unpaired) electrons. The van der Waals surface area contributed by atoms with E-state index in [9.17, 15) is 129 Å². The molecule has 0 fully saturated rings. The molecule has 43 nitrogen and oxygen atoms in total. The van der Waals surface area contributed by atoms with Crippen molar-refractivity contribution in [2.75, 3.05) is 66.2 Å². The number of hydrogen-bond acceptors (Lipinski definition) is 40. The fourth-order valence-corrected chi connectivity index (χ4v) is 14.1. The number of carboxylic acids is 4. The molecule has 776 valence electrons. The van der Waals surface area contributed by atoms with E-state index in [4.69, 9.17) is 37.9 Å². The molecule has 0 saturated heterocycles. The average molecular weight is 2130 g/mol. The number of aromatic amines is 1. The second kappa shape index (κ2) is 47.6. The van der Waals surface area contributed by atoms with E-state index in [1.54, 1.807) is 41.5 Å². The number of anilines is 10. The molecule has 60 heteroatoms. The van der Waals surface area contributed by atoms with Gasteiger partial charge in [0.1, 0.15) is 66.6 Å². The van der Waals surface area contributed by atoms with Crippen molar-refractivity contribution in [1.82, 2.24) is 59.8 Å². The van der Waals surface area contributed by atoms with Crippen LogP contribution in [0.3, 0.4) is 0 Å². The summed E-state index contributed by atoms with van der Waals surface area (Å²) in [5.41, 5.74) is 1.61. The summed E-state index contributed by atoms with van der Waals surface area (Å²) < 4.78 is 244. The zero-order valence-corrected chi connectivity index (χ0v) is 77.1. The highest BCUT2D eigenvalue weighted by molar-refractivity contribution is 7.14. The van der Waals surface area contributed by atoms with Crippen molar-refractivity contribution >= 4 is 193 Å². The summed E-state index contributed by atoms with van der Waals surface area (Å²) in [5.74, 6) is -13.6. The van der Waals surface area contributed by atoms with Crippen LogP contribution in [-0.4, -0.2) is 211 Å². The van der Waals surface area contributed by atoms with Crippen molar-refractivity contribution in [3.05, 3.63) is 214 Å². The van der Waals surface area contributed by atoms with Gasteiger partial charge in [-0.2, -0.15) is 0 Å². The van der Waals surface area contributed by atoms with E-state index in [0.29, 0.717) is 0 Å². The normalized spacial score (nSPS) is 11.3. The zero-order chi connectivity index (χ0) is 108. The van der Waals surface area contributed by atoms with Gasteiger partial charge >= 0.3 is 91.5 Å². The Hall–Kier alpha value is -18.4. The van der Waals surface area contributed by atoms with E-state index in [-0.39, 0.29) is 195 Å². The fraction of sp³-hybridized carbons (Fsp3) is 0.193. The first kappa shape index (κ1) is 110. The van der Waals surface area contributed by atoms with Gasteiger partial charge in [-0.3, -0.25) is 24.9 Å². The first-order valence-electron chi connectivity index (χ1n) is 41.4. The number of rotatable bonds is 31. The van der Waals surface area contributed by atoms with Gasteiger partial charge < -0.3 is 109 Å². The first-order valence-corrected chi connectivity index (χ1v) is 43.1. The number of aromatic nitrogens is 12. The van der Waals surface area contributed by atoms with Crippen LogP contribution in [0.15, 0.2) is 163 Å². The minimum Gasteiger partial charge on any atom is -0.476 e. The quantitative estimate of drug-likeness (QED) is 0.0110. The van der Waals surface area contributed by atoms with Crippen LogP contribution in [0.4, 0.5) is 122 Å². The molecule has 10 aromatic heterocycles. The lowest BCUT2D eigenvalue weighted by Crippen LogP contribution is -2.17. The minimum atomic E-state index is -4.94. The number of carboxylic acid groups (broad SMARTS) is 4. The number of ether oxygens (including phenoxy) is 11. The number of aromatic carboxylic acids is 4. The Kier molecular flexibility index (Phi) is 35.4. The highest BCUT2D eigenvalue weighted by Gasteiger charge is 2.38. The van der Waals surface area contributed by atoms with Gasteiger partial charge in [0.25, 0.3) is 0 Å². The molecule has 5 aromatic carbocycles. The molecule has 0 amide bonds. The van der Waals surface area contributed by atoms with Crippen LogP contribution in [0.2, 0.25) is 0 Å². The summed E-state index contributed by atoms with van der Waals surface area (Å²) in [7, 11) is 0. The number of benzene rings is 5. The third-order valence-electron chi connectivity index (χ3n) is 18.4. The molecular weight excluding hydrogens is 2060 g/mol. The number of pyridine rings is 5. The van der Waals surface area contributed by atoms with Crippen LogP contribution in [0.1, 0.15) is 146 Å². The first-order chi connectivity index (χ1) is 70.0. The van der Waals surface area contributed by atoms with Gasteiger partial charge in [-0.1, -0.05) is 0 Å². The summed E-state index contributed by atoms with van der Waals surface area (Å²) in [5, 5.41) is 51.2. The van der Waals surface area contributed by atoms with Crippen molar-refractivity contribution in [3.63, 3.8) is 0 Å². The summed E-state index contributed by atoms with van der Waals surface area (Å²) in [6.07, 6.45) is -14.4. The molecule has 0 bridgehead atoms. The smallest absolute Gasteiger partial charge is 0.476 e. The number of carbonyl (C=O) groups is 10. The van der Waals surface area contributed by atoms with Crippen molar-refractivity contribution in [3.8, 4) is 28.7 Å². The zero-order valence-electron chi connectivity index (χ0n) is 75.4. The molecule has 0 saturated carbocycles. The Morgan fingerprint density at radius 2 is 0.601 bits per heavy atom. The number of nitrogens with zero attached hydrogens (tertiary/aromatic N) is 11. The maximum Gasteiger partial charge on any atom is 0.573 e. The maximum absolute atomic E-state index is 12.7. The standard InChI is InChI=1S/C19H16F3N3O5S.C18H13F3N4O5.C17H13F3N4O5.C17H12F3N3O6.C17H12F3N3O5S/c1-3-28-17(26)12-8-23-13-6-5-10(30-19(20,21)22)7-11(13)14(12)25-16-15(24-9-31-16)18(27)29-4-2;1-2-29-17(28)11-8-24-12-4-3-9(30-18(19,20)21)7-10(12)13(11)25-15-14(16(26)27)22-5-6-23-15;1-2-28-16(27)10-6-21-11-4-3-8(29-17(18,19)20)5-9(11)12(10)24-14-13(15(25)26)22-7-23-14;1-2-27-16(26)10-6-21-11-4-3-8(29-17(18,19)20)5-9(11)12(10)23-14-13(15(24)25)22-7-28-14;1-2-27-16(26)10-6-21-11-4-3-8(28-17(18,19)20)5-9(11)12(10)23-14-13(15(24)25)22-7-29-14/h5-9H,3-4H2,1-2H3,(H,23,25);3-8H,2H2,1H3,(H,26,27)(H,23,24,25);3-7H,2H2,1H3,(H,21,24)(H,22,23)(H,25,26);2*3-7H,2H2,1H3,(H,21,23)(H,24,25). The number of alkyl halides is 15. The monoisotopic (exact) mass is 2130 g/mol. The highest BCUT2D eigenvalue weighted by atomic mass is 32.1. The van der Waals surface area contributed by atoms with Crippen molar-refractivity contribution < 1.29 is 191 Å². The number of esters is 6. The second-order valence-electron chi connectivity index (χ2n) is 28.0. The van der Waals surface area contributed by atoms with Crippen LogP contribution in [0.5, 0.6) is 28.7 Å². The molecule has 10 heterocycles. The predicted octanol–water partition coefficient (Wildman–Crippen LogP) is 19.7. The van der Waals surface area contributed by atoms with E-state index >= 15 is 0 Å². The summed E-state index contributed by atoms with van der Waals surface area (Å²) in [6.45, 7) is 9.87. The third-order valence-corrected chi connectivity index (χ3v) is 19.9. The molecule has 15 aromatic rings. The van der Waals surface area contributed by atoms with E-state index in [1.165, 1.54) is 66.1 Å². The van der Waals surface area contributed by atoms with Gasteiger partial charge in [0.15, 0.2) is 40.8 Å². The largest absolute Gasteiger partial charge is 0.573 e. The number of fused-ring (bicyclic) bond motifs is 5. The Balaban J connectivity index is 0.000000176. The fourth-order valence-electron chi connectivity index (χ4n) is 12.7. The van der Waals surface area contributed by atoms with Gasteiger partial charge in [0.2, 0.25) is 11.6 Å². The SMILES string of the molecule is CCOC(=O)c1cnc2ccc(OC(F)(F)F)cc2c1Nc1nc[nH]c1C(=O)O.CCOC(=O)c1cnc2ccc(OC(F)(F)F)cc2c1Nc1nccnc1C(=O)O.CCOC(=O)c1cnc2ccc(OC(F)(F)F)cc2c1Nc1ocnc1C(=O)O.CCOC(=O)c1cnc2ccc(OC(F)(F)F)cc2c1Nc1scnc1C(=O)O.CCOC(=O)c1cnc2ccc(OC(F)(F)F)cc2c1Nc1scnc1C(=O)OCC. The van der Waals surface area contributed by atoms with Gasteiger partial charge in [-0.25, -0.2) is 77.8 Å². The Morgan fingerprint density at radius 3 is 0.905 bits per heavy atom. The second-order valence-corrected chi connectivity index (χ2v) is 29.7. The third kappa shape index (κ3) is 29.0. The van der Waals surface area contributed by atoms with Crippen molar-refractivity contribution in [1.29, 1.82) is 0 Å². The molecular formula is C88H66F15N17O26S2. The van der Waals surface area contributed by atoms with Crippen molar-refractivity contribution in [2.45, 2.75) is 73.4 Å². The number of nitrogens with one attached hydrogen (secondary N) is 6. The predicted molar refractivity (Wildman–Crippen MR) is 483 cm³/mol. The average Bonchev–Trinajstić information content (AvgIpc) is 1.05. The van der Waals surface area contributed by atoms with Gasteiger partial charge in [-0.05, 0) is 133 Å². The molecule has 0 aliphatic carbocycles. The number of imidazole rings is 1. The molecule has 15 rings (SSSR count). The molecule has 0 aliphatic rings. The lowest BCUT2D eigenvalue weighted by molar-refractivity contribution is -0.275. The summed E-state index contributed by atoms with van der Waals surface area (Å²) in [6, 6.07) is 16.9. The number of hydrogen-bond donors (Lipinski definition) is 10. The lowest BCUT2D eigenvalue weighted by atomic mass is 10.1. The Bertz CT molecular complexity index is 7090. The van der Waals surface area contributed by atoms with Crippen LogP contribution >= 0.6 is 22.7 Å². The number of thiazole rings is 2. The topological polar surface area (TPSA) is 584 Å². The summed E-state index contributed by atoms with van der Waals surface area (Å²) in [4.78, 5) is 165. The number of halogens is 15. The van der Waals surface area contributed by atoms with Crippen LogP contribution in [0, 0.1) is 0 Å². The molecule has 0 unspecified atom stereocenters. The van der Waals surface area contributed by atoms with E-state index in [1.807, 2.05) is 0 Å². The van der Waals surface area contributed by atoms with E-state index < -0.39 is 132 Å². The Labute approximate surface area is 822 Å². The Morgan fingerprint density at radius 1 is 0.318 bits per heavy atom. The molecule has 0 atom stereocenters. The van der Waals surface area contributed by atoms with E-state index in [0.717, 1.165) is 115 Å². The number of oxazole rings is 1. The van der Waals surface area contributed by atoms with Gasteiger partial charge in [-0.15, -0.1) is 88.5 Å². The van der Waals surface area contributed by atoms with Gasteiger partial charge in [0, 0.05) is 70.3 Å². The maximum atomic E-state index is 12.7. The molecule has 10 N–H and O–H groups in total. The lowest BCUT2D eigenvalue weighted by Gasteiger charge is -2.15. The summed E-state index contributed by atoms with van der Waals surface area (Å²) >= 11 is 1.99. The highest BCUT2D eigenvalue weighted by Crippen LogP contribution is 2.43. The molecule has 0 spiro atoms. The van der Waals surface area contributed by atoms with Crippen molar-refractivity contribution in [2.24, 2.45) is 0 Å². The number of carbonyl (C=O) groups excluding carboxylic acids is 6. The van der Waals surface area contributed by atoms with Crippen LogP contribution in [0.25, 0.3) is 54.5 Å². The molecule has 148 heavy (non-hydrogen) atoms. The minimum absolute atomic E-state index is 0.0211. The van der Waals surface area contributed by atoms with Crippen LogP contribution < -0.4 is 50.3 Å². The van der Waals surface area contributed by atoms with E-state index in [2.05, 4.69) is 110 Å². The van der Waals surface area contributed by atoms with Crippen LogP contribution in [-0.2, 0) is 28.4 Å².